The average molecular weight is 307 g/mol. The summed E-state index contributed by atoms with van der Waals surface area (Å²) >= 11 is 0. The Balaban J connectivity index is 0.000000902. The van der Waals surface area contributed by atoms with Crippen molar-refractivity contribution in [2.45, 2.75) is 31.7 Å². The van der Waals surface area contributed by atoms with Crippen LogP contribution in [0, 0.1) is 5.92 Å². The number of hydrogen-bond donors (Lipinski definition) is 1. The first-order valence-electron chi connectivity index (χ1n) is 6.93. The van der Waals surface area contributed by atoms with Gasteiger partial charge in [-0.1, -0.05) is 12.8 Å². The van der Waals surface area contributed by atoms with E-state index in [2.05, 4.69) is 16.3 Å². The van der Waals surface area contributed by atoms with Gasteiger partial charge in [0.25, 0.3) is 0 Å². The Hall–Kier alpha value is -0.220. The molecule has 1 aromatic heterocycles. The van der Waals surface area contributed by atoms with Gasteiger partial charge in [0.1, 0.15) is 5.76 Å². The number of rotatable bonds is 3. The molecule has 1 aromatic rings. The van der Waals surface area contributed by atoms with Crippen LogP contribution in [0.25, 0.3) is 0 Å². The lowest BCUT2D eigenvalue weighted by Crippen LogP contribution is -2.46. The van der Waals surface area contributed by atoms with E-state index in [9.17, 15) is 0 Å². The van der Waals surface area contributed by atoms with Crippen molar-refractivity contribution < 1.29 is 4.42 Å². The Morgan fingerprint density at radius 2 is 1.84 bits per heavy atom. The second-order valence-corrected chi connectivity index (χ2v) is 5.29. The lowest BCUT2D eigenvalue weighted by molar-refractivity contribution is 0.107. The van der Waals surface area contributed by atoms with Crippen LogP contribution in [0.4, 0.5) is 0 Å². The van der Waals surface area contributed by atoms with E-state index in [1.807, 2.05) is 12.3 Å². The third-order valence-corrected chi connectivity index (χ3v) is 4.23. The normalized spacial score (nSPS) is 22.5. The fourth-order valence-corrected chi connectivity index (χ4v) is 3.40. The number of piperazine rings is 1. The van der Waals surface area contributed by atoms with E-state index in [0.717, 1.165) is 32.1 Å². The average Bonchev–Trinajstić information content (AvgIpc) is 3.04. The molecule has 1 atom stereocenters. The van der Waals surface area contributed by atoms with Crippen molar-refractivity contribution in [2.24, 2.45) is 5.92 Å². The molecule has 0 radical (unpaired) electrons. The third-order valence-electron chi connectivity index (χ3n) is 4.23. The van der Waals surface area contributed by atoms with E-state index in [4.69, 9.17) is 4.42 Å². The molecular formula is C14H24Cl2N2O. The predicted octanol–water partition coefficient (Wildman–Crippen LogP) is 3.26. The summed E-state index contributed by atoms with van der Waals surface area (Å²) in [4.78, 5) is 2.62. The summed E-state index contributed by atoms with van der Waals surface area (Å²) in [5.41, 5.74) is 0. The van der Waals surface area contributed by atoms with Crippen LogP contribution < -0.4 is 5.32 Å². The standard InChI is InChI=1S/C14H22N2O.2ClH/c1-2-5-12(4-1)14(13-6-3-11-17-13)16-9-7-15-8-10-16;;/h3,6,11-12,14-15H,1-2,4-5,7-10H2;2*1H/t14-;;/m0../s1. The molecule has 0 unspecified atom stereocenters. The zero-order valence-corrected chi connectivity index (χ0v) is 12.8. The molecule has 2 heterocycles. The molecule has 110 valence electrons. The molecule has 0 amide bonds. The molecule has 1 aliphatic carbocycles. The highest BCUT2D eigenvalue weighted by molar-refractivity contribution is 5.85. The summed E-state index contributed by atoms with van der Waals surface area (Å²) in [6.45, 7) is 4.54. The van der Waals surface area contributed by atoms with Crippen LogP contribution in [0.2, 0.25) is 0 Å². The third kappa shape index (κ3) is 3.88. The summed E-state index contributed by atoms with van der Waals surface area (Å²) in [5, 5.41) is 3.43. The van der Waals surface area contributed by atoms with Gasteiger partial charge in [-0.25, -0.2) is 0 Å². The summed E-state index contributed by atoms with van der Waals surface area (Å²) in [7, 11) is 0. The van der Waals surface area contributed by atoms with Crippen LogP contribution >= 0.6 is 24.8 Å². The van der Waals surface area contributed by atoms with E-state index in [0.29, 0.717) is 6.04 Å². The minimum Gasteiger partial charge on any atom is -0.468 e. The van der Waals surface area contributed by atoms with Gasteiger partial charge in [0.2, 0.25) is 0 Å². The Morgan fingerprint density at radius 3 is 2.42 bits per heavy atom. The Labute approximate surface area is 127 Å². The Morgan fingerprint density at radius 1 is 1.16 bits per heavy atom. The maximum absolute atomic E-state index is 5.70. The molecule has 1 N–H and O–H groups in total. The van der Waals surface area contributed by atoms with Crippen LogP contribution in [0.3, 0.4) is 0 Å². The molecule has 19 heavy (non-hydrogen) atoms. The topological polar surface area (TPSA) is 28.4 Å². The van der Waals surface area contributed by atoms with Crippen LogP contribution in [0.1, 0.15) is 37.5 Å². The van der Waals surface area contributed by atoms with Gasteiger partial charge >= 0.3 is 0 Å². The fourth-order valence-electron chi connectivity index (χ4n) is 3.40. The monoisotopic (exact) mass is 306 g/mol. The van der Waals surface area contributed by atoms with Gasteiger partial charge in [-0.2, -0.15) is 0 Å². The van der Waals surface area contributed by atoms with Gasteiger partial charge in [-0.3, -0.25) is 4.90 Å². The molecule has 2 fully saturated rings. The minimum atomic E-state index is 0. The number of furan rings is 1. The first-order valence-corrected chi connectivity index (χ1v) is 6.93. The van der Waals surface area contributed by atoms with Crippen molar-refractivity contribution in [1.82, 2.24) is 10.2 Å². The van der Waals surface area contributed by atoms with Crippen molar-refractivity contribution in [3.8, 4) is 0 Å². The Kier molecular flexibility index (Phi) is 7.22. The highest BCUT2D eigenvalue weighted by Crippen LogP contribution is 2.39. The van der Waals surface area contributed by atoms with Gasteiger partial charge in [-0.05, 0) is 30.9 Å². The molecule has 1 saturated heterocycles. The molecule has 3 rings (SSSR count). The van der Waals surface area contributed by atoms with Crippen molar-refractivity contribution in [3.05, 3.63) is 24.2 Å². The molecule has 1 saturated carbocycles. The number of nitrogens with one attached hydrogen (secondary N) is 1. The van der Waals surface area contributed by atoms with E-state index >= 15 is 0 Å². The first-order chi connectivity index (χ1) is 8.45. The van der Waals surface area contributed by atoms with Crippen LogP contribution in [0.5, 0.6) is 0 Å². The smallest absolute Gasteiger partial charge is 0.121 e. The highest BCUT2D eigenvalue weighted by Gasteiger charge is 2.33. The van der Waals surface area contributed by atoms with E-state index in [-0.39, 0.29) is 24.8 Å². The fraction of sp³-hybridized carbons (Fsp3) is 0.714. The van der Waals surface area contributed by atoms with E-state index in [1.54, 1.807) is 0 Å². The van der Waals surface area contributed by atoms with Crippen LogP contribution in [0.15, 0.2) is 22.8 Å². The molecule has 0 spiro atoms. The van der Waals surface area contributed by atoms with Crippen LogP contribution in [-0.2, 0) is 0 Å². The molecule has 5 heteroatoms. The van der Waals surface area contributed by atoms with Crippen LogP contribution in [-0.4, -0.2) is 31.1 Å². The molecule has 0 aromatic carbocycles. The molecule has 0 bridgehead atoms. The maximum atomic E-state index is 5.70. The van der Waals surface area contributed by atoms with Gasteiger partial charge < -0.3 is 9.73 Å². The second kappa shape index (κ2) is 8.15. The summed E-state index contributed by atoms with van der Waals surface area (Å²) in [6, 6.07) is 4.71. The van der Waals surface area contributed by atoms with E-state index in [1.165, 1.54) is 31.4 Å². The highest BCUT2D eigenvalue weighted by atomic mass is 35.5. The Bertz CT molecular complexity index is 333. The number of hydrogen-bond acceptors (Lipinski definition) is 3. The molecule has 1 aliphatic heterocycles. The second-order valence-electron chi connectivity index (χ2n) is 5.29. The van der Waals surface area contributed by atoms with Crippen molar-refractivity contribution in [3.63, 3.8) is 0 Å². The number of halogens is 2. The lowest BCUT2D eigenvalue weighted by atomic mass is 9.94. The van der Waals surface area contributed by atoms with Crippen molar-refractivity contribution >= 4 is 24.8 Å². The van der Waals surface area contributed by atoms with Gasteiger partial charge in [0.05, 0.1) is 12.3 Å². The summed E-state index contributed by atoms with van der Waals surface area (Å²) in [6.07, 6.45) is 7.35. The molecule has 2 aliphatic rings. The largest absolute Gasteiger partial charge is 0.468 e. The van der Waals surface area contributed by atoms with Gasteiger partial charge in [0.15, 0.2) is 0 Å². The SMILES string of the molecule is Cl.Cl.c1coc([C@H](C2CCCC2)N2CCNCC2)c1. The minimum absolute atomic E-state index is 0. The van der Waals surface area contributed by atoms with E-state index < -0.39 is 0 Å². The summed E-state index contributed by atoms with van der Waals surface area (Å²) < 4.78 is 5.70. The quantitative estimate of drug-likeness (QED) is 0.929. The number of nitrogens with zero attached hydrogens (tertiary/aromatic N) is 1. The predicted molar refractivity (Wildman–Crippen MR) is 82.3 cm³/mol. The van der Waals surface area contributed by atoms with Crippen molar-refractivity contribution in [2.75, 3.05) is 26.2 Å². The van der Waals surface area contributed by atoms with Gasteiger partial charge in [-0.15, -0.1) is 24.8 Å². The maximum Gasteiger partial charge on any atom is 0.121 e. The first kappa shape index (κ1) is 16.8. The van der Waals surface area contributed by atoms with Crippen molar-refractivity contribution in [1.29, 1.82) is 0 Å². The lowest BCUT2D eigenvalue weighted by Gasteiger charge is -2.37. The summed E-state index contributed by atoms with van der Waals surface area (Å²) in [5.74, 6) is 1.98. The zero-order chi connectivity index (χ0) is 11.5. The molecule has 3 nitrogen and oxygen atoms in total. The zero-order valence-electron chi connectivity index (χ0n) is 11.2. The van der Waals surface area contributed by atoms with Gasteiger partial charge in [0, 0.05) is 26.2 Å². The molecular weight excluding hydrogens is 283 g/mol.